The number of alkyl halides is 4. The number of fused-ring (bicyclic) bond motifs is 3. The van der Waals surface area contributed by atoms with Crippen molar-refractivity contribution in [3.8, 4) is 23.0 Å². The second-order valence-electron chi connectivity index (χ2n) is 12.0. The lowest BCUT2D eigenvalue weighted by molar-refractivity contribution is -0.137. The Balaban J connectivity index is 1.38. The van der Waals surface area contributed by atoms with Crippen molar-refractivity contribution in [3.63, 3.8) is 0 Å². The number of likely N-dealkylation sites (tertiary alicyclic amines) is 1. The molecule has 47 heavy (non-hydrogen) atoms. The van der Waals surface area contributed by atoms with Gasteiger partial charge in [-0.15, -0.1) is 0 Å². The summed E-state index contributed by atoms with van der Waals surface area (Å²) in [5, 5.41) is -0.501. The molecule has 2 aromatic carbocycles. The fourth-order valence-electron chi connectivity index (χ4n) is 6.97. The molecule has 248 valence electrons. The number of nitrogens with two attached hydrogens (primary N) is 1. The van der Waals surface area contributed by atoms with E-state index >= 15 is 4.39 Å². The van der Waals surface area contributed by atoms with Crippen LogP contribution in [0.5, 0.6) is 11.9 Å². The molecule has 9 nitrogen and oxygen atoms in total. The van der Waals surface area contributed by atoms with Gasteiger partial charge in [-0.05, 0) is 43.7 Å². The number of halogens is 6. The first-order valence-corrected chi connectivity index (χ1v) is 15.7. The van der Waals surface area contributed by atoms with Crippen molar-refractivity contribution >= 4 is 43.5 Å². The molecular formula is C31H28F6N6O3S. The Bertz CT molecular complexity index is 1920. The average Bonchev–Trinajstić information content (AvgIpc) is 3.79. The summed E-state index contributed by atoms with van der Waals surface area (Å²) in [6.07, 6.45) is -3.65. The third kappa shape index (κ3) is 5.50. The topological polar surface area (TPSA) is 107 Å². The van der Waals surface area contributed by atoms with E-state index in [9.17, 15) is 26.7 Å². The first-order chi connectivity index (χ1) is 22.4. The first-order valence-electron chi connectivity index (χ1n) is 14.9. The van der Waals surface area contributed by atoms with E-state index in [0.29, 0.717) is 32.0 Å². The molecule has 4 aromatic rings. The number of carbonyl (C=O) groups is 1. The van der Waals surface area contributed by atoms with Crippen molar-refractivity contribution in [1.29, 1.82) is 0 Å². The predicted octanol–water partition coefficient (Wildman–Crippen LogP) is 5.91. The standard InChI is InChI=1S/C31H28F6N6O3S/c1-2-21(44)42-9-6-16(13-42)46-27-18-10-19(31(35,36)37)22(17-4-5-20(33)26-25(17)39-28(38)47-26)23(34)24(18)40-29(41-27)45-14-30-7-3-8-43(30)12-15(32)11-30/h2,4-5,10,15-16H,1,3,6-9,11-14H2,(H2,38,39)/t15-,16-,30?/m1/s1. The number of hydrogen-bond acceptors (Lipinski definition) is 9. The number of rotatable bonds is 7. The zero-order valence-corrected chi connectivity index (χ0v) is 25.6. The fourth-order valence-corrected chi connectivity index (χ4v) is 7.74. The van der Waals surface area contributed by atoms with Crippen LogP contribution in [0, 0.1) is 11.6 Å². The third-order valence-corrected chi connectivity index (χ3v) is 10.00. The highest BCUT2D eigenvalue weighted by Gasteiger charge is 2.49. The number of benzene rings is 2. The Kier molecular flexibility index (Phi) is 7.69. The quantitative estimate of drug-likeness (QED) is 0.190. The van der Waals surface area contributed by atoms with Crippen LogP contribution in [0.4, 0.5) is 31.5 Å². The van der Waals surface area contributed by atoms with Crippen molar-refractivity contribution in [2.45, 2.75) is 49.7 Å². The maximum absolute atomic E-state index is 16.7. The summed E-state index contributed by atoms with van der Waals surface area (Å²) in [7, 11) is 0. The summed E-state index contributed by atoms with van der Waals surface area (Å²) in [5.74, 6) is -2.88. The molecule has 3 saturated heterocycles. The lowest BCUT2D eigenvalue weighted by Gasteiger charge is -2.30. The Morgan fingerprint density at radius 1 is 1.17 bits per heavy atom. The molecule has 0 radical (unpaired) electrons. The van der Waals surface area contributed by atoms with Crippen LogP contribution in [0.2, 0.25) is 0 Å². The number of aromatic nitrogens is 3. The van der Waals surface area contributed by atoms with Gasteiger partial charge in [0.25, 0.3) is 0 Å². The predicted molar refractivity (Wildman–Crippen MR) is 162 cm³/mol. The van der Waals surface area contributed by atoms with E-state index < -0.39 is 52.3 Å². The van der Waals surface area contributed by atoms with Crippen LogP contribution in [-0.4, -0.2) is 81.3 Å². The molecule has 2 aromatic heterocycles. The van der Waals surface area contributed by atoms with Gasteiger partial charge in [-0.25, -0.2) is 18.2 Å². The van der Waals surface area contributed by atoms with Gasteiger partial charge in [-0.3, -0.25) is 9.69 Å². The van der Waals surface area contributed by atoms with E-state index in [2.05, 4.69) is 21.5 Å². The Hall–Kier alpha value is -4.18. The number of nitrogens with zero attached hydrogens (tertiary/aromatic N) is 5. The number of nitrogen functional groups attached to an aromatic ring is 1. The maximum Gasteiger partial charge on any atom is 0.417 e. The minimum Gasteiger partial charge on any atom is -0.472 e. The molecule has 3 atom stereocenters. The Morgan fingerprint density at radius 3 is 2.74 bits per heavy atom. The fraction of sp³-hybridized carbons (Fsp3) is 0.419. The van der Waals surface area contributed by atoms with Gasteiger partial charge in [0.05, 0.1) is 33.2 Å². The lowest BCUT2D eigenvalue weighted by Crippen LogP contribution is -2.43. The zero-order chi connectivity index (χ0) is 33.2. The van der Waals surface area contributed by atoms with Crippen LogP contribution >= 0.6 is 11.3 Å². The second-order valence-corrected chi connectivity index (χ2v) is 13.1. The number of ether oxygens (including phenoxy) is 2. The normalized spacial score (nSPS) is 23.1. The van der Waals surface area contributed by atoms with Gasteiger partial charge < -0.3 is 20.1 Å². The SMILES string of the molecule is C=CC(=O)N1CC[C@@H](Oc2nc(OCC34CCCN3C[C@H](F)C4)nc3c(F)c(-c4ccc(F)c5sc(N)nc45)c(C(F)(F)F)cc23)C1. The van der Waals surface area contributed by atoms with Crippen LogP contribution in [0.3, 0.4) is 0 Å². The Morgan fingerprint density at radius 2 is 1.98 bits per heavy atom. The summed E-state index contributed by atoms with van der Waals surface area (Å²) in [5.41, 5.74) is 1.73. The molecule has 0 spiro atoms. The molecule has 16 heteroatoms. The van der Waals surface area contributed by atoms with Gasteiger partial charge in [-0.1, -0.05) is 17.9 Å². The summed E-state index contributed by atoms with van der Waals surface area (Å²) in [6.45, 7) is 4.77. The second kappa shape index (κ2) is 11.5. The Labute approximate surface area is 268 Å². The van der Waals surface area contributed by atoms with Gasteiger partial charge in [0.15, 0.2) is 10.9 Å². The van der Waals surface area contributed by atoms with Gasteiger partial charge in [-0.2, -0.15) is 23.1 Å². The molecule has 1 amide bonds. The molecular weight excluding hydrogens is 650 g/mol. The summed E-state index contributed by atoms with van der Waals surface area (Å²) in [4.78, 5) is 28.1. The van der Waals surface area contributed by atoms with Crippen molar-refractivity contribution in [3.05, 3.63) is 48.1 Å². The molecule has 3 aliphatic heterocycles. The number of amides is 1. The lowest BCUT2D eigenvalue weighted by atomic mass is 9.95. The molecule has 7 rings (SSSR count). The van der Waals surface area contributed by atoms with E-state index in [-0.39, 0.29) is 70.2 Å². The molecule has 3 aliphatic rings. The first kappa shape index (κ1) is 31.4. The van der Waals surface area contributed by atoms with Crippen LogP contribution in [-0.2, 0) is 11.0 Å². The van der Waals surface area contributed by atoms with Crippen LogP contribution in [0.15, 0.2) is 30.9 Å². The van der Waals surface area contributed by atoms with E-state index in [1.807, 2.05) is 4.90 Å². The number of anilines is 1. The average molecular weight is 679 g/mol. The van der Waals surface area contributed by atoms with Gasteiger partial charge in [0.2, 0.25) is 11.8 Å². The summed E-state index contributed by atoms with van der Waals surface area (Å²) in [6, 6.07) is 2.24. The monoisotopic (exact) mass is 678 g/mol. The summed E-state index contributed by atoms with van der Waals surface area (Å²) >= 11 is 0.720. The molecule has 0 bridgehead atoms. The van der Waals surface area contributed by atoms with Gasteiger partial charge in [0.1, 0.15) is 30.2 Å². The highest BCUT2D eigenvalue weighted by molar-refractivity contribution is 7.22. The van der Waals surface area contributed by atoms with Crippen molar-refractivity contribution in [1.82, 2.24) is 24.8 Å². The van der Waals surface area contributed by atoms with E-state index in [4.69, 9.17) is 15.2 Å². The molecule has 5 heterocycles. The smallest absolute Gasteiger partial charge is 0.417 e. The largest absolute Gasteiger partial charge is 0.472 e. The van der Waals surface area contributed by atoms with E-state index in [1.54, 1.807) is 0 Å². The molecule has 0 saturated carbocycles. The molecule has 3 fully saturated rings. The molecule has 1 unspecified atom stereocenters. The third-order valence-electron chi connectivity index (χ3n) is 9.10. The van der Waals surface area contributed by atoms with Crippen LogP contribution < -0.4 is 15.2 Å². The minimum absolute atomic E-state index is 0.0325. The summed E-state index contributed by atoms with van der Waals surface area (Å²) < 4.78 is 102. The van der Waals surface area contributed by atoms with Crippen LogP contribution in [0.25, 0.3) is 32.2 Å². The van der Waals surface area contributed by atoms with E-state index in [0.717, 1.165) is 36.0 Å². The highest BCUT2D eigenvalue weighted by Crippen LogP contribution is 2.46. The number of hydrogen-bond donors (Lipinski definition) is 1. The number of carbonyl (C=O) groups excluding carboxylic acids is 1. The van der Waals surface area contributed by atoms with Crippen LogP contribution in [0.1, 0.15) is 31.2 Å². The van der Waals surface area contributed by atoms with Gasteiger partial charge in [0, 0.05) is 37.1 Å². The van der Waals surface area contributed by atoms with Crippen molar-refractivity contribution in [2.75, 3.05) is 38.5 Å². The zero-order valence-electron chi connectivity index (χ0n) is 24.7. The highest BCUT2D eigenvalue weighted by atomic mass is 32.1. The maximum atomic E-state index is 16.7. The van der Waals surface area contributed by atoms with Gasteiger partial charge >= 0.3 is 12.2 Å². The molecule has 0 aliphatic carbocycles. The number of thiazole rings is 1. The van der Waals surface area contributed by atoms with Crippen molar-refractivity contribution < 1.29 is 40.6 Å². The van der Waals surface area contributed by atoms with Crippen molar-refractivity contribution in [2.24, 2.45) is 0 Å². The molecule has 2 N–H and O–H groups in total. The van der Waals surface area contributed by atoms with E-state index in [1.165, 1.54) is 4.90 Å². The minimum atomic E-state index is -5.09.